The maximum atomic E-state index is 10.1. The first-order valence-electron chi connectivity index (χ1n) is 4.04. The highest BCUT2D eigenvalue weighted by Gasteiger charge is 2.17. The summed E-state index contributed by atoms with van der Waals surface area (Å²) in [4.78, 5) is 10.1. The maximum absolute atomic E-state index is 10.1. The molecule has 0 aliphatic carbocycles. The van der Waals surface area contributed by atoms with Gasteiger partial charge in [0.25, 0.3) is 0 Å². The lowest BCUT2D eigenvalue weighted by Gasteiger charge is -2.04. The highest BCUT2D eigenvalue weighted by Crippen LogP contribution is 2.33. The van der Waals surface area contributed by atoms with E-state index in [1.165, 1.54) is 0 Å². The van der Waals surface area contributed by atoms with Crippen LogP contribution in [-0.2, 0) is 13.0 Å². The molecule has 0 fully saturated rings. The third-order valence-electron chi connectivity index (χ3n) is 2.06. The van der Waals surface area contributed by atoms with Crippen LogP contribution in [0.15, 0.2) is 17.3 Å². The van der Waals surface area contributed by atoms with E-state index in [1.807, 2.05) is 6.07 Å². The van der Waals surface area contributed by atoms with Gasteiger partial charge in [0.2, 0.25) is 0 Å². The van der Waals surface area contributed by atoms with E-state index in [1.54, 1.807) is 6.07 Å². The minimum atomic E-state index is 0.128. The fourth-order valence-electron chi connectivity index (χ4n) is 1.53. The molecule has 0 amide bonds. The molecule has 0 saturated carbocycles. The highest BCUT2D eigenvalue weighted by atomic mass is 35.5. The standard InChI is InChI=1S/C9H8ClNO2/c10-8-3-6-1-2-13-9(6)7(4-8)5-11-12/h3-4H,1-2,5H2. The lowest BCUT2D eigenvalue weighted by Crippen LogP contribution is -1.90. The van der Waals surface area contributed by atoms with Crippen LogP contribution < -0.4 is 4.74 Å². The Kier molecular flexibility index (Phi) is 2.19. The van der Waals surface area contributed by atoms with Crippen molar-refractivity contribution in [2.24, 2.45) is 5.18 Å². The van der Waals surface area contributed by atoms with Gasteiger partial charge >= 0.3 is 0 Å². The van der Waals surface area contributed by atoms with Crippen molar-refractivity contribution in [1.82, 2.24) is 0 Å². The van der Waals surface area contributed by atoms with E-state index in [-0.39, 0.29) is 6.54 Å². The average Bonchev–Trinajstić information content (AvgIpc) is 2.52. The molecular formula is C9H8ClNO2. The van der Waals surface area contributed by atoms with Gasteiger partial charge < -0.3 is 4.74 Å². The molecule has 3 nitrogen and oxygen atoms in total. The van der Waals surface area contributed by atoms with E-state index in [4.69, 9.17) is 16.3 Å². The summed E-state index contributed by atoms with van der Waals surface area (Å²) in [6.07, 6.45) is 0.863. The van der Waals surface area contributed by atoms with Crippen molar-refractivity contribution in [3.05, 3.63) is 33.2 Å². The van der Waals surface area contributed by atoms with Crippen LogP contribution in [0, 0.1) is 4.91 Å². The molecule has 0 N–H and O–H groups in total. The van der Waals surface area contributed by atoms with E-state index in [0.29, 0.717) is 11.6 Å². The molecule has 1 aliphatic heterocycles. The van der Waals surface area contributed by atoms with Crippen LogP contribution in [-0.4, -0.2) is 6.61 Å². The zero-order chi connectivity index (χ0) is 9.26. The maximum Gasteiger partial charge on any atom is 0.127 e. The Hall–Kier alpha value is -1.09. The van der Waals surface area contributed by atoms with Gasteiger partial charge in [-0.2, -0.15) is 4.91 Å². The summed E-state index contributed by atoms with van der Waals surface area (Å²) in [6.45, 7) is 0.796. The van der Waals surface area contributed by atoms with Gasteiger partial charge in [0.05, 0.1) is 6.61 Å². The predicted octanol–water partition coefficient (Wildman–Crippen LogP) is 2.54. The number of hydrogen-bond acceptors (Lipinski definition) is 3. The van der Waals surface area contributed by atoms with E-state index in [2.05, 4.69) is 5.18 Å². The first kappa shape index (κ1) is 8.51. The summed E-state index contributed by atoms with van der Waals surface area (Å²) in [5, 5.41) is 3.48. The fourth-order valence-corrected chi connectivity index (χ4v) is 1.80. The van der Waals surface area contributed by atoms with Crippen LogP contribution in [0.1, 0.15) is 11.1 Å². The molecule has 0 atom stereocenters. The largest absolute Gasteiger partial charge is 0.493 e. The normalized spacial score (nSPS) is 13.6. The fraction of sp³-hybridized carbons (Fsp3) is 0.333. The van der Waals surface area contributed by atoms with Gasteiger partial charge in [0.1, 0.15) is 12.3 Å². The lowest BCUT2D eigenvalue weighted by atomic mass is 10.1. The molecule has 1 aromatic rings. The molecular weight excluding hydrogens is 190 g/mol. The molecule has 0 aromatic heterocycles. The minimum Gasteiger partial charge on any atom is -0.493 e. The summed E-state index contributed by atoms with van der Waals surface area (Å²) in [5.41, 5.74) is 1.86. The summed E-state index contributed by atoms with van der Waals surface area (Å²) in [6, 6.07) is 3.60. The monoisotopic (exact) mass is 197 g/mol. The highest BCUT2D eigenvalue weighted by molar-refractivity contribution is 6.30. The summed E-state index contributed by atoms with van der Waals surface area (Å²) < 4.78 is 5.38. The zero-order valence-corrected chi connectivity index (χ0v) is 7.67. The number of fused-ring (bicyclic) bond motifs is 1. The van der Waals surface area contributed by atoms with Gasteiger partial charge in [-0.25, -0.2) is 0 Å². The van der Waals surface area contributed by atoms with Gasteiger partial charge in [-0.1, -0.05) is 16.8 Å². The van der Waals surface area contributed by atoms with Crippen molar-refractivity contribution < 1.29 is 4.74 Å². The van der Waals surface area contributed by atoms with Crippen molar-refractivity contribution in [3.8, 4) is 5.75 Å². The number of nitrogens with zero attached hydrogens (tertiary/aromatic N) is 1. The second-order valence-electron chi connectivity index (χ2n) is 2.94. The Morgan fingerprint density at radius 1 is 1.54 bits per heavy atom. The van der Waals surface area contributed by atoms with Gasteiger partial charge in [-0.15, -0.1) is 0 Å². The first-order valence-corrected chi connectivity index (χ1v) is 4.42. The lowest BCUT2D eigenvalue weighted by molar-refractivity contribution is 0.353. The Bertz CT molecular complexity index is 352. The molecule has 13 heavy (non-hydrogen) atoms. The van der Waals surface area contributed by atoms with E-state index in [9.17, 15) is 4.91 Å². The molecule has 2 rings (SSSR count). The second-order valence-corrected chi connectivity index (χ2v) is 3.38. The Balaban J connectivity index is 2.48. The van der Waals surface area contributed by atoms with Crippen molar-refractivity contribution >= 4 is 11.6 Å². The van der Waals surface area contributed by atoms with Crippen molar-refractivity contribution in [3.63, 3.8) is 0 Å². The van der Waals surface area contributed by atoms with Gasteiger partial charge in [0.15, 0.2) is 0 Å². The Labute approximate surface area is 80.6 Å². The topological polar surface area (TPSA) is 38.7 Å². The molecule has 4 heteroatoms. The SMILES string of the molecule is O=NCc1cc(Cl)cc2c1OCC2. The predicted molar refractivity (Wildman–Crippen MR) is 50.2 cm³/mol. The number of ether oxygens (including phenoxy) is 1. The first-order chi connectivity index (χ1) is 6.31. The molecule has 0 unspecified atom stereocenters. The number of nitroso groups, excluding NO2 is 1. The van der Waals surface area contributed by atoms with E-state index >= 15 is 0 Å². The van der Waals surface area contributed by atoms with Crippen LogP contribution >= 0.6 is 11.6 Å². The third-order valence-corrected chi connectivity index (χ3v) is 2.28. The van der Waals surface area contributed by atoms with E-state index < -0.39 is 0 Å². The van der Waals surface area contributed by atoms with Crippen molar-refractivity contribution in [2.75, 3.05) is 6.61 Å². The quantitative estimate of drug-likeness (QED) is 0.684. The molecule has 68 valence electrons. The van der Waals surface area contributed by atoms with E-state index in [0.717, 1.165) is 23.3 Å². The average molecular weight is 198 g/mol. The summed E-state index contributed by atoms with van der Waals surface area (Å²) in [5.74, 6) is 0.795. The van der Waals surface area contributed by atoms with Crippen molar-refractivity contribution in [2.45, 2.75) is 13.0 Å². The van der Waals surface area contributed by atoms with Gasteiger partial charge in [0, 0.05) is 17.0 Å². The minimum absolute atomic E-state index is 0.128. The molecule has 1 aromatic carbocycles. The van der Waals surface area contributed by atoms with Gasteiger partial charge in [-0.3, -0.25) is 0 Å². The smallest absolute Gasteiger partial charge is 0.127 e. The molecule has 0 radical (unpaired) electrons. The molecule has 0 spiro atoms. The summed E-state index contributed by atoms with van der Waals surface area (Å²) in [7, 11) is 0. The van der Waals surface area contributed by atoms with Crippen LogP contribution in [0.4, 0.5) is 0 Å². The molecule has 0 bridgehead atoms. The molecule has 1 heterocycles. The third kappa shape index (κ3) is 1.52. The zero-order valence-electron chi connectivity index (χ0n) is 6.92. The van der Waals surface area contributed by atoms with Crippen LogP contribution in [0.2, 0.25) is 5.02 Å². The Morgan fingerprint density at radius 3 is 3.15 bits per heavy atom. The number of hydrogen-bond donors (Lipinski definition) is 0. The Morgan fingerprint density at radius 2 is 2.38 bits per heavy atom. The molecule has 1 aliphatic rings. The van der Waals surface area contributed by atoms with Crippen LogP contribution in [0.3, 0.4) is 0 Å². The summed E-state index contributed by atoms with van der Waals surface area (Å²) >= 11 is 5.86. The van der Waals surface area contributed by atoms with Crippen LogP contribution in [0.5, 0.6) is 5.75 Å². The number of rotatable bonds is 2. The molecule has 0 saturated heterocycles. The van der Waals surface area contributed by atoms with Crippen LogP contribution in [0.25, 0.3) is 0 Å². The van der Waals surface area contributed by atoms with Crippen molar-refractivity contribution in [1.29, 1.82) is 0 Å². The van der Waals surface area contributed by atoms with Gasteiger partial charge in [-0.05, 0) is 17.7 Å². The second kappa shape index (κ2) is 3.34. The number of benzene rings is 1. The number of halogens is 1.